The molecule has 1 fully saturated rings. The maximum atomic E-state index is 13.4. The molecule has 2 N–H and O–H groups in total. The van der Waals surface area contributed by atoms with Gasteiger partial charge in [-0.1, -0.05) is 35.9 Å². The number of nitrogens with one attached hydrogen (secondary N) is 2. The lowest BCUT2D eigenvalue weighted by molar-refractivity contribution is -0.115. The highest BCUT2D eigenvalue weighted by atomic mass is 19.1. The van der Waals surface area contributed by atoms with E-state index < -0.39 is 0 Å². The standard InChI is InChI=1S/C32H35FN4O3/c1-22-3-4-23(2)26(17-22)21-37-29-10-9-28(35-31(38)18-24-5-7-27(33)8-6-24)19-25(29)20-30(37)32(39)34-11-12-36-13-15-40-16-14-36/h3-10,17,19-20H,11-16,18,21H2,1-2H3,(H,34,39)(H,35,38). The molecule has 2 heterocycles. The van der Waals surface area contributed by atoms with Crippen LogP contribution in [0.2, 0.25) is 0 Å². The first kappa shape index (κ1) is 27.6. The first-order valence-corrected chi connectivity index (χ1v) is 13.7. The Labute approximate surface area is 233 Å². The molecule has 208 valence electrons. The summed E-state index contributed by atoms with van der Waals surface area (Å²) in [5, 5.41) is 6.90. The Morgan fingerprint density at radius 2 is 1.73 bits per heavy atom. The molecule has 40 heavy (non-hydrogen) atoms. The summed E-state index contributed by atoms with van der Waals surface area (Å²) >= 11 is 0. The summed E-state index contributed by atoms with van der Waals surface area (Å²) in [4.78, 5) is 28.4. The normalized spacial score (nSPS) is 13.9. The largest absolute Gasteiger partial charge is 0.379 e. The van der Waals surface area contributed by atoms with Crippen LogP contribution >= 0.6 is 0 Å². The number of aryl methyl sites for hydroxylation is 2. The molecule has 1 aliphatic heterocycles. The van der Waals surface area contributed by atoms with E-state index in [0.29, 0.717) is 24.5 Å². The van der Waals surface area contributed by atoms with E-state index in [1.54, 1.807) is 12.1 Å². The van der Waals surface area contributed by atoms with Crippen LogP contribution < -0.4 is 10.6 Å². The van der Waals surface area contributed by atoms with E-state index in [9.17, 15) is 14.0 Å². The number of halogens is 1. The fraction of sp³-hybridized carbons (Fsp3) is 0.312. The van der Waals surface area contributed by atoms with Crippen LogP contribution in [-0.2, 0) is 22.5 Å². The number of carbonyl (C=O) groups is 2. The number of hydrogen-bond acceptors (Lipinski definition) is 4. The van der Waals surface area contributed by atoms with Crippen LogP contribution in [0.25, 0.3) is 10.9 Å². The zero-order valence-electron chi connectivity index (χ0n) is 23.0. The molecule has 0 unspecified atom stereocenters. The second-order valence-electron chi connectivity index (χ2n) is 10.4. The van der Waals surface area contributed by atoms with Gasteiger partial charge in [-0.15, -0.1) is 0 Å². The molecule has 8 heteroatoms. The SMILES string of the molecule is Cc1ccc(C)c(Cn2c(C(=O)NCCN3CCOCC3)cc3cc(NC(=O)Cc4ccc(F)cc4)ccc32)c1. The molecule has 0 aliphatic carbocycles. The molecule has 1 aromatic heterocycles. The van der Waals surface area contributed by atoms with E-state index in [1.807, 2.05) is 28.8 Å². The van der Waals surface area contributed by atoms with Gasteiger partial charge in [0.15, 0.2) is 0 Å². The third-order valence-corrected chi connectivity index (χ3v) is 7.35. The monoisotopic (exact) mass is 542 g/mol. The molecular weight excluding hydrogens is 507 g/mol. The molecule has 0 saturated carbocycles. The van der Waals surface area contributed by atoms with Gasteiger partial charge in [0.2, 0.25) is 5.91 Å². The lowest BCUT2D eigenvalue weighted by atomic mass is 10.1. The molecule has 7 nitrogen and oxygen atoms in total. The van der Waals surface area contributed by atoms with Crippen LogP contribution in [0.5, 0.6) is 0 Å². The highest BCUT2D eigenvalue weighted by Crippen LogP contribution is 2.26. The molecule has 4 aromatic rings. The average Bonchev–Trinajstić information content (AvgIpc) is 3.30. The molecule has 0 radical (unpaired) electrons. The number of amides is 2. The summed E-state index contributed by atoms with van der Waals surface area (Å²) in [5.74, 6) is -0.653. The second kappa shape index (κ2) is 12.4. The van der Waals surface area contributed by atoms with E-state index in [0.717, 1.165) is 60.4 Å². The fourth-order valence-corrected chi connectivity index (χ4v) is 5.08. The van der Waals surface area contributed by atoms with Gasteiger partial charge in [0, 0.05) is 49.3 Å². The molecule has 5 rings (SSSR count). The van der Waals surface area contributed by atoms with Crippen molar-refractivity contribution in [3.8, 4) is 0 Å². The third-order valence-electron chi connectivity index (χ3n) is 7.35. The first-order chi connectivity index (χ1) is 19.4. The van der Waals surface area contributed by atoms with Gasteiger partial charge in [-0.25, -0.2) is 4.39 Å². The van der Waals surface area contributed by atoms with Crippen LogP contribution in [0.15, 0.2) is 66.7 Å². The highest BCUT2D eigenvalue weighted by molar-refractivity contribution is 6.01. The third kappa shape index (κ3) is 6.76. The van der Waals surface area contributed by atoms with Gasteiger partial charge >= 0.3 is 0 Å². The van der Waals surface area contributed by atoms with Crippen molar-refractivity contribution in [1.29, 1.82) is 0 Å². The second-order valence-corrected chi connectivity index (χ2v) is 10.4. The number of carbonyl (C=O) groups excluding carboxylic acids is 2. The summed E-state index contributed by atoms with van der Waals surface area (Å²) < 4.78 is 20.7. The highest BCUT2D eigenvalue weighted by Gasteiger charge is 2.18. The summed E-state index contributed by atoms with van der Waals surface area (Å²) in [6.45, 7) is 9.22. The van der Waals surface area contributed by atoms with Crippen molar-refractivity contribution < 1.29 is 18.7 Å². The lowest BCUT2D eigenvalue weighted by Gasteiger charge is -2.26. The smallest absolute Gasteiger partial charge is 0.267 e. The molecule has 2 amide bonds. The van der Waals surface area contributed by atoms with Crippen molar-refractivity contribution in [2.45, 2.75) is 26.8 Å². The topological polar surface area (TPSA) is 75.6 Å². The van der Waals surface area contributed by atoms with Crippen molar-refractivity contribution in [3.63, 3.8) is 0 Å². The van der Waals surface area contributed by atoms with E-state index in [1.165, 1.54) is 17.7 Å². The maximum Gasteiger partial charge on any atom is 0.267 e. The Hall–Kier alpha value is -4.01. The zero-order valence-corrected chi connectivity index (χ0v) is 23.0. The van der Waals surface area contributed by atoms with Crippen molar-refractivity contribution in [2.24, 2.45) is 0 Å². The first-order valence-electron chi connectivity index (χ1n) is 13.7. The van der Waals surface area contributed by atoms with E-state index in [2.05, 4.69) is 47.6 Å². The van der Waals surface area contributed by atoms with Crippen molar-refractivity contribution in [3.05, 3.63) is 100 Å². The number of nitrogens with zero attached hydrogens (tertiary/aromatic N) is 2. The Kier molecular flexibility index (Phi) is 8.57. The number of fused-ring (bicyclic) bond motifs is 1. The maximum absolute atomic E-state index is 13.4. The van der Waals surface area contributed by atoms with E-state index >= 15 is 0 Å². The van der Waals surface area contributed by atoms with E-state index in [-0.39, 0.29) is 24.1 Å². The van der Waals surface area contributed by atoms with Crippen molar-refractivity contribution in [1.82, 2.24) is 14.8 Å². The predicted molar refractivity (Wildman–Crippen MR) is 155 cm³/mol. The number of anilines is 1. The van der Waals surface area contributed by atoms with Gasteiger partial charge in [0.1, 0.15) is 11.5 Å². The predicted octanol–water partition coefficient (Wildman–Crippen LogP) is 4.69. The number of morpholine rings is 1. The minimum atomic E-state index is -0.332. The molecule has 3 aromatic carbocycles. The minimum Gasteiger partial charge on any atom is -0.379 e. The van der Waals surface area contributed by atoms with Gasteiger partial charge in [0.25, 0.3) is 5.91 Å². The molecule has 1 aliphatic rings. The minimum absolute atomic E-state index is 0.128. The van der Waals surface area contributed by atoms with Gasteiger partial charge in [-0.05, 0) is 66.9 Å². The number of aromatic nitrogens is 1. The molecular formula is C32H35FN4O3. The van der Waals surface area contributed by atoms with Gasteiger partial charge < -0.3 is 19.9 Å². The summed E-state index contributed by atoms with van der Waals surface area (Å²) in [7, 11) is 0. The van der Waals surface area contributed by atoms with Gasteiger partial charge in [-0.3, -0.25) is 14.5 Å². The number of benzene rings is 3. The summed E-state index contributed by atoms with van der Waals surface area (Å²) in [6, 6.07) is 19.8. The Morgan fingerprint density at radius 1 is 0.950 bits per heavy atom. The number of rotatable bonds is 9. The summed E-state index contributed by atoms with van der Waals surface area (Å²) in [6.07, 6.45) is 0.142. The van der Waals surface area contributed by atoms with Gasteiger partial charge in [-0.2, -0.15) is 0 Å². The fourth-order valence-electron chi connectivity index (χ4n) is 5.08. The molecule has 0 atom stereocenters. The zero-order chi connectivity index (χ0) is 28.1. The van der Waals surface area contributed by atoms with Crippen molar-refractivity contribution in [2.75, 3.05) is 44.7 Å². The molecule has 1 saturated heterocycles. The lowest BCUT2D eigenvalue weighted by Crippen LogP contribution is -2.41. The van der Waals surface area contributed by atoms with Crippen LogP contribution in [0.4, 0.5) is 10.1 Å². The molecule has 0 bridgehead atoms. The molecule has 0 spiro atoms. The van der Waals surface area contributed by atoms with Crippen LogP contribution in [0.1, 0.15) is 32.7 Å². The Morgan fingerprint density at radius 3 is 2.50 bits per heavy atom. The van der Waals surface area contributed by atoms with Crippen LogP contribution in [-0.4, -0.2) is 60.7 Å². The van der Waals surface area contributed by atoms with Crippen molar-refractivity contribution >= 4 is 28.4 Å². The number of ether oxygens (including phenoxy) is 1. The van der Waals surface area contributed by atoms with E-state index in [4.69, 9.17) is 4.74 Å². The average molecular weight is 543 g/mol. The Bertz CT molecular complexity index is 1510. The van der Waals surface area contributed by atoms with Crippen LogP contribution in [0, 0.1) is 19.7 Å². The quantitative estimate of drug-likeness (QED) is 0.322. The number of hydrogen-bond donors (Lipinski definition) is 2. The summed E-state index contributed by atoms with van der Waals surface area (Å²) in [5.41, 5.74) is 6.34. The van der Waals surface area contributed by atoms with Crippen LogP contribution in [0.3, 0.4) is 0 Å². The van der Waals surface area contributed by atoms with Gasteiger partial charge in [0.05, 0.1) is 19.6 Å². The Balaban J connectivity index is 1.37.